The summed E-state index contributed by atoms with van der Waals surface area (Å²) < 4.78 is 27.3. The Bertz CT molecular complexity index is 630. The average molecular weight is 253 g/mol. The van der Waals surface area contributed by atoms with Crippen molar-refractivity contribution in [1.82, 2.24) is 0 Å². The molecule has 0 unspecified atom stereocenters. The van der Waals surface area contributed by atoms with Gasteiger partial charge in [-0.3, -0.25) is 0 Å². The third-order valence-corrected chi connectivity index (χ3v) is 3.19. The molecular weight excluding hydrogens is 244 g/mol. The molecule has 0 aliphatic heterocycles. The minimum Gasteiger partial charge on any atom is -0.507 e. The highest BCUT2D eigenvalue weighted by Gasteiger charge is 2.19. The number of phenolic OH excluding ortho intramolecular Hbond substituents is 1. The van der Waals surface area contributed by atoms with Crippen molar-refractivity contribution >= 4 is 27.3 Å². The van der Waals surface area contributed by atoms with E-state index in [0.29, 0.717) is 10.8 Å². The minimum absolute atomic E-state index is 0.197. The molecule has 0 aromatic heterocycles. The lowest BCUT2D eigenvalue weighted by atomic mass is 10.1. The molecule has 0 atom stereocenters. The monoisotopic (exact) mass is 253 g/mol. The largest absolute Gasteiger partial charge is 0.507 e. The lowest BCUT2D eigenvalue weighted by molar-refractivity contribution is 0.375. The van der Waals surface area contributed by atoms with Gasteiger partial charge in [0.1, 0.15) is 16.6 Å². The molecule has 0 aliphatic rings. The summed E-state index contributed by atoms with van der Waals surface area (Å²) in [5.74, 6) is -0.198. The fourth-order valence-electron chi connectivity index (χ4n) is 1.53. The third kappa shape index (κ3) is 2.15. The van der Waals surface area contributed by atoms with E-state index in [9.17, 15) is 5.11 Å². The van der Waals surface area contributed by atoms with Crippen molar-refractivity contribution in [2.24, 2.45) is 0 Å². The number of phenols is 1. The van der Waals surface area contributed by atoms with Crippen LogP contribution in [0.5, 0.6) is 5.75 Å². The molecule has 0 fully saturated rings. The van der Waals surface area contributed by atoms with Crippen LogP contribution in [0.25, 0.3) is 15.7 Å². The van der Waals surface area contributed by atoms with Crippen molar-refractivity contribution in [3.05, 3.63) is 35.3 Å². The van der Waals surface area contributed by atoms with Crippen LogP contribution in [-0.4, -0.2) is 18.8 Å². The van der Waals surface area contributed by atoms with Crippen LogP contribution in [0.15, 0.2) is 35.2 Å². The zero-order chi connectivity index (χ0) is 12.6. The SMILES string of the molecule is N#[N+]c1ccc2c(O)cc(S(O)(O)O)cc2c1. The second-order valence-electron chi connectivity index (χ2n) is 3.47. The normalized spacial score (nSPS) is 12.4. The van der Waals surface area contributed by atoms with Gasteiger partial charge in [-0.25, -0.2) is 0 Å². The Hall–Kier alpha value is -1.85. The van der Waals surface area contributed by atoms with E-state index in [4.69, 9.17) is 19.1 Å². The van der Waals surface area contributed by atoms with Crippen molar-refractivity contribution in [3.63, 3.8) is 0 Å². The standard InChI is InChI=1S/C10H8N2O4S/c11-12-7-1-2-9-6(3-7)4-8(5-10(9)13)17(14,15)16/h1-5H,(H3-,13,14,15,16)/p+1. The number of hydrogen-bond acceptors (Lipinski definition) is 5. The molecule has 2 aromatic rings. The summed E-state index contributed by atoms with van der Waals surface area (Å²) in [6.45, 7) is 0. The van der Waals surface area contributed by atoms with Gasteiger partial charge < -0.3 is 18.8 Å². The molecule has 7 heteroatoms. The van der Waals surface area contributed by atoms with Gasteiger partial charge in [0, 0.05) is 17.5 Å². The Balaban J connectivity index is 2.75. The van der Waals surface area contributed by atoms with Crippen LogP contribution in [0.3, 0.4) is 0 Å². The average Bonchev–Trinajstić information content (AvgIpc) is 2.27. The molecule has 0 spiro atoms. The molecule has 0 aliphatic carbocycles. The number of nitrogens with zero attached hydrogens (tertiary/aromatic N) is 2. The smallest absolute Gasteiger partial charge is 0.385 e. The van der Waals surface area contributed by atoms with E-state index >= 15 is 0 Å². The predicted molar refractivity (Wildman–Crippen MR) is 64.1 cm³/mol. The second kappa shape index (κ2) is 3.87. The first-order chi connectivity index (χ1) is 7.91. The van der Waals surface area contributed by atoms with Crippen molar-refractivity contribution in [2.45, 2.75) is 4.90 Å². The summed E-state index contributed by atoms with van der Waals surface area (Å²) >= 11 is 0. The first kappa shape index (κ1) is 11.6. The second-order valence-corrected chi connectivity index (χ2v) is 4.98. The van der Waals surface area contributed by atoms with E-state index in [2.05, 4.69) is 4.98 Å². The zero-order valence-corrected chi connectivity index (χ0v) is 9.29. The Morgan fingerprint density at radius 3 is 2.35 bits per heavy atom. The van der Waals surface area contributed by atoms with Gasteiger partial charge in [-0.1, -0.05) is 0 Å². The van der Waals surface area contributed by atoms with Gasteiger partial charge >= 0.3 is 5.69 Å². The molecule has 88 valence electrons. The van der Waals surface area contributed by atoms with Crippen molar-refractivity contribution < 1.29 is 18.8 Å². The van der Waals surface area contributed by atoms with Gasteiger partial charge in [0.15, 0.2) is 4.98 Å². The molecule has 17 heavy (non-hydrogen) atoms. The number of fused-ring (bicyclic) bond motifs is 1. The van der Waals surface area contributed by atoms with Crippen LogP contribution < -0.4 is 0 Å². The molecule has 2 aromatic carbocycles. The molecule has 0 amide bonds. The first-order valence-electron chi connectivity index (χ1n) is 4.54. The fraction of sp³-hybridized carbons (Fsp3) is 0. The molecule has 0 bridgehead atoms. The summed E-state index contributed by atoms with van der Waals surface area (Å²) in [6, 6.07) is 6.82. The summed E-state index contributed by atoms with van der Waals surface area (Å²) in [5, 5.41) is 19.2. The van der Waals surface area contributed by atoms with E-state index in [1.165, 1.54) is 24.3 Å². The summed E-state index contributed by atoms with van der Waals surface area (Å²) in [6.07, 6.45) is 0. The van der Waals surface area contributed by atoms with E-state index in [1.807, 2.05) is 0 Å². The number of benzene rings is 2. The molecular formula is C10H9N2O4S+. The Morgan fingerprint density at radius 1 is 1.06 bits per heavy atom. The van der Waals surface area contributed by atoms with Crippen molar-refractivity contribution in [2.75, 3.05) is 0 Å². The highest BCUT2D eigenvalue weighted by molar-refractivity contribution is 8.19. The number of aromatic hydroxyl groups is 1. The number of hydrogen-bond donors (Lipinski definition) is 4. The minimum atomic E-state index is -3.89. The maximum Gasteiger partial charge on any atom is 0.385 e. The maximum atomic E-state index is 9.67. The molecule has 0 saturated heterocycles. The van der Waals surface area contributed by atoms with Crippen LogP contribution in [0, 0.1) is 5.39 Å². The molecule has 2 rings (SSSR count). The lowest BCUT2D eigenvalue weighted by Crippen LogP contribution is -1.95. The Morgan fingerprint density at radius 2 is 1.76 bits per heavy atom. The van der Waals surface area contributed by atoms with E-state index < -0.39 is 10.9 Å². The van der Waals surface area contributed by atoms with Crippen LogP contribution >= 0.6 is 10.9 Å². The highest BCUT2D eigenvalue weighted by atomic mass is 32.3. The topological polar surface area (TPSA) is 109 Å². The quantitative estimate of drug-likeness (QED) is 0.580. The van der Waals surface area contributed by atoms with Gasteiger partial charge in [-0.2, -0.15) is 0 Å². The predicted octanol–water partition coefficient (Wildman–Crippen LogP) is 3.61. The van der Waals surface area contributed by atoms with Gasteiger partial charge in [-0.15, -0.1) is 0 Å². The lowest BCUT2D eigenvalue weighted by Gasteiger charge is -2.19. The summed E-state index contributed by atoms with van der Waals surface area (Å²) in [4.78, 5) is 2.78. The first-order valence-corrected chi connectivity index (χ1v) is 6.05. The number of diazo groups is 1. The molecule has 0 radical (unpaired) electrons. The Labute approximate surface area is 97.9 Å². The summed E-state index contributed by atoms with van der Waals surface area (Å²) in [5.41, 5.74) is 0.253. The van der Waals surface area contributed by atoms with Gasteiger partial charge in [0.2, 0.25) is 5.39 Å². The van der Waals surface area contributed by atoms with Crippen LogP contribution in [-0.2, 0) is 0 Å². The van der Waals surface area contributed by atoms with E-state index in [1.54, 1.807) is 0 Å². The molecule has 0 saturated carbocycles. The Kier molecular flexibility index (Phi) is 2.65. The van der Waals surface area contributed by atoms with Crippen LogP contribution in [0.2, 0.25) is 0 Å². The van der Waals surface area contributed by atoms with E-state index in [0.717, 1.165) is 6.07 Å². The molecule has 6 nitrogen and oxygen atoms in total. The van der Waals surface area contributed by atoms with Gasteiger partial charge in [-0.05, 0) is 23.6 Å². The zero-order valence-electron chi connectivity index (χ0n) is 8.48. The van der Waals surface area contributed by atoms with Crippen molar-refractivity contribution in [1.29, 1.82) is 5.39 Å². The van der Waals surface area contributed by atoms with Crippen LogP contribution in [0.4, 0.5) is 5.69 Å². The number of rotatable bonds is 1. The fourth-order valence-corrected chi connectivity index (χ4v) is 2.09. The molecule has 0 heterocycles. The van der Waals surface area contributed by atoms with Crippen LogP contribution in [0.1, 0.15) is 0 Å². The molecule has 4 N–H and O–H groups in total. The maximum absolute atomic E-state index is 9.67. The van der Waals surface area contributed by atoms with Crippen molar-refractivity contribution in [3.8, 4) is 5.75 Å². The van der Waals surface area contributed by atoms with Gasteiger partial charge in [0.05, 0.1) is 4.90 Å². The third-order valence-electron chi connectivity index (χ3n) is 2.32. The van der Waals surface area contributed by atoms with E-state index in [-0.39, 0.29) is 16.3 Å². The van der Waals surface area contributed by atoms with Gasteiger partial charge in [0.25, 0.3) is 0 Å². The summed E-state index contributed by atoms with van der Waals surface area (Å²) in [7, 11) is -3.89. The highest BCUT2D eigenvalue weighted by Crippen LogP contribution is 2.46.